The molecule has 0 spiro atoms. The van der Waals surface area contributed by atoms with E-state index in [4.69, 9.17) is 11.6 Å². The van der Waals surface area contributed by atoms with Gasteiger partial charge in [-0.2, -0.15) is 0 Å². The number of carbonyl (C=O) groups excluding carboxylic acids is 2. The van der Waals surface area contributed by atoms with Gasteiger partial charge >= 0.3 is 0 Å². The fourth-order valence-electron chi connectivity index (χ4n) is 4.17. The van der Waals surface area contributed by atoms with Gasteiger partial charge in [0.1, 0.15) is 12.6 Å². The van der Waals surface area contributed by atoms with Crippen LogP contribution >= 0.6 is 11.6 Å². The summed E-state index contributed by atoms with van der Waals surface area (Å²) >= 11 is 6.16. The van der Waals surface area contributed by atoms with Gasteiger partial charge in [-0.3, -0.25) is 13.9 Å². The Morgan fingerprint density at radius 3 is 2.24 bits per heavy atom. The van der Waals surface area contributed by atoms with Crippen molar-refractivity contribution in [2.45, 2.75) is 32.9 Å². The molecule has 3 aromatic rings. The number of hydrogen-bond acceptors (Lipinski definition) is 4. The first-order valence-electron chi connectivity index (χ1n) is 11.8. The van der Waals surface area contributed by atoms with Crippen molar-refractivity contribution in [1.82, 2.24) is 10.2 Å². The number of rotatable bonds is 10. The fraction of sp³-hybridized carbons (Fsp3) is 0.286. The standard InChI is InChI=1S/C28H32ClN3O4S/c1-20-9-8-12-23(15-20)18-31(26(28(34)30-3)16-22-10-6-5-7-11-22)27(33)19-32(37(4,35)36)25-17-24(29)14-13-21(25)2/h5-15,17,26H,16,18-19H2,1-4H3,(H,30,34)/t26-/m1/s1. The maximum absolute atomic E-state index is 13.9. The molecule has 1 N–H and O–H groups in total. The number of benzene rings is 3. The monoisotopic (exact) mass is 541 g/mol. The lowest BCUT2D eigenvalue weighted by Gasteiger charge is -2.33. The van der Waals surface area contributed by atoms with E-state index in [9.17, 15) is 18.0 Å². The van der Waals surface area contributed by atoms with Gasteiger partial charge in [0.05, 0.1) is 11.9 Å². The van der Waals surface area contributed by atoms with Crippen LogP contribution in [0.25, 0.3) is 0 Å². The molecule has 37 heavy (non-hydrogen) atoms. The second-order valence-corrected chi connectivity index (χ2v) is 11.4. The molecule has 7 nitrogen and oxygen atoms in total. The maximum atomic E-state index is 13.9. The van der Waals surface area contributed by atoms with Crippen molar-refractivity contribution in [1.29, 1.82) is 0 Å². The third-order valence-electron chi connectivity index (χ3n) is 6.07. The van der Waals surface area contributed by atoms with Crippen molar-refractivity contribution in [3.05, 3.63) is 100 Å². The molecule has 0 aromatic heterocycles. The molecule has 3 aromatic carbocycles. The zero-order valence-electron chi connectivity index (χ0n) is 21.4. The molecule has 9 heteroatoms. The minimum Gasteiger partial charge on any atom is -0.357 e. The molecule has 0 radical (unpaired) electrons. The number of sulfonamides is 1. The smallest absolute Gasteiger partial charge is 0.244 e. The molecular formula is C28H32ClN3O4S. The number of nitrogens with zero attached hydrogens (tertiary/aromatic N) is 2. The Morgan fingerprint density at radius 2 is 1.62 bits per heavy atom. The van der Waals surface area contributed by atoms with Crippen LogP contribution in [0, 0.1) is 13.8 Å². The zero-order chi connectivity index (χ0) is 27.2. The van der Waals surface area contributed by atoms with E-state index in [1.165, 1.54) is 18.0 Å². The number of carbonyl (C=O) groups is 2. The van der Waals surface area contributed by atoms with Crippen molar-refractivity contribution >= 4 is 39.1 Å². The summed E-state index contributed by atoms with van der Waals surface area (Å²) in [6.07, 6.45) is 1.32. The molecule has 0 fully saturated rings. The summed E-state index contributed by atoms with van der Waals surface area (Å²) < 4.78 is 26.7. The van der Waals surface area contributed by atoms with Gasteiger partial charge in [0.2, 0.25) is 21.8 Å². The molecule has 0 bridgehead atoms. The van der Waals surface area contributed by atoms with Gasteiger partial charge in [-0.05, 0) is 42.7 Å². The van der Waals surface area contributed by atoms with E-state index in [2.05, 4.69) is 5.32 Å². The largest absolute Gasteiger partial charge is 0.357 e. The summed E-state index contributed by atoms with van der Waals surface area (Å²) in [5.41, 5.74) is 3.69. The molecule has 0 saturated carbocycles. The van der Waals surface area contributed by atoms with Gasteiger partial charge in [-0.15, -0.1) is 0 Å². The molecule has 0 unspecified atom stereocenters. The van der Waals surface area contributed by atoms with Crippen LogP contribution in [0.1, 0.15) is 22.3 Å². The fourth-order valence-corrected chi connectivity index (χ4v) is 5.24. The quantitative estimate of drug-likeness (QED) is 0.418. The molecule has 196 valence electrons. The lowest BCUT2D eigenvalue weighted by molar-refractivity contribution is -0.139. The van der Waals surface area contributed by atoms with Crippen molar-refractivity contribution in [2.75, 3.05) is 24.2 Å². The number of hydrogen-bond donors (Lipinski definition) is 1. The first-order valence-corrected chi connectivity index (χ1v) is 14.1. The van der Waals surface area contributed by atoms with E-state index in [0.29, 0.717) is 16.3 Å². The van der Waals surface area contributed by atoms with Crippen molar-refractivity contribution in [2.24, 2.45) is 0 Å². The summed E-state index contributed by atoms with van der Waals surface area (Å²) in [4.78, 5) is 28.5. The van der Waals surface area contributed by atoms with Gasteiger partial charge in [0, 0.05) is 25.0 Å². The molecule has 2 amide bonds. The molecule has 1 atom stereocenters. The second kappa shape index (κ2) is 12.3. The van der Waals surface area contributed by atoms with Crippen LogP contribution in [-0.4, -0.2) is 51.0 Å². The summed E-state index contributed by atoms with van der Waals surface area (Å²) in [6.45, 7) is 3.36. The van der Waals surface area contributed by atoms with Gasteiger partial charge in [0.25, 0.3) is 0 Å². The van der Waals surface area contributed by atoms with E-state index in [1.54, 1.807) is 19.1 Å². The molecular weight excluding hydrogens is 510 g/mol. The predicted molar refractivity (Wildman–Crippen MR) is 148 cm³/mol. The van der Waals surface area contributed by atoms with Crippen LogP contribution in [0.5, 0.6) is 0 Å². The van der Waals surface area contributed by atoms with Gasteiger partial charge in [-0.1, -0.05) is 77.8 Å². The highest BCUT2D eigenvalue weighted by Gasteiger charge is 2.33. The molecule has 0 saturated heterocycles. The predicted octanol–water partition coefficient (Wildman–Crippen LogP) is 4.11. The molecule has 0 aliphatic rings. The Morgan fingerprint density at radius 1 is 0.946 bits per heavy atom. The van der Waals surface area contributed by atoms with E-state index in [1.807, 2.05) is 61.5 Å². The van der Waals surface area contributed by atoms with E-state index in [-0.39, 0.29) is 18.9 Å². The summed E-state index contributed by atoms with van der Waals surface area (Å²) in [6, 6.07) is 21.1. The van der Waals surface area contributed by atoms with Crippen LogP contribution in [-0.2, 0) is 32.6 Å². The first kappa shape index (κ1) is 28.2. The van der Waals surface area contributed by atoms with Crippen LogP contribution < -0.4 is 9.62 Å². The maximum Gasteiger partial charge on any atom is 0.244 e. The third kappa shape index (κ3) is 7.57. The minimum absolute atomic E-state index is 0.136. The average molecular weight is 542 g/mol. The Kier molecular flexibility index (Phi) is 9.34. The number of halogens is 1. The Hall–Kier alpha value is -3.36. The number of anilines is 1. The first-order chi connectivity index (χ1) is 17.5. The zero-order valence-corrected chi connectivity index (χ0v) is 23.0. The highest BCUT2D eigenvalue weighted by molar-refractivity contribution is 7.92. The minimum atomic E-state index is -3.85. The van der Waals surface area contributed by atoms with E-state index >= 15 is 0 Å². The summed E-state index contributed by atoms with van der Waals surface area (Å²) in [7, 11) is -2.33. The highest BCUT2D eigenvalue weighted by Crippen LogP contribution is 2.27. The third-order valence-corrected chi connectivity index (χ3v) is 7.43. The topological polar surface area (TPSA) is 86.8 Å². The number of amides is 2. The Labute approximate surface area is 224 Å². The Balaban J connectivity index is 2.06. The number of likely N-dealkylation sites (N-methyl/N-ethyl adjacent to an activating group) is 1. The van der Waals surface area contributed by atoms with Gasteiger partial charge < -0.3 is 10.2 Å². The molecule has 0 aliphatic heterocycles. The SMILES string of the molecule is CNC(=O)[C@@H](Cc1ccccc1)N(Cc1cccc(C)c1)C(=O)CN(c1cc(Cl)ccc1C)S(C)(=O)=O. The highest BCUT2D eigenvalue weighted by atomic mass is 35.5. The van der Waals surface area contributed by atoms with Crippen LogP contribution in [0.2, 0.25) is 5.02 Å². The number of aryl methyl sites for hydroxylation is 2. The van der Waals surface area contributed by atoms with Crippen molar-refractivity contribution in [3.63, 3.8) is 0 Å². The van der Waals surface area contributed by atoms with Crippen molar-refractivity contribution < 1.29 is 18.0 Å². The Bertz CT molecular complexity index is 1360. The number of nitrogens with one attached hydrogen (secondary N) is 1. The second-order valence-electron chi connectivity index (χ2n) is 9.03. The lowest BCUT2D eigenvalue weighted by atomic mass is 10.0. The van der Waals surface area contributed by atoms with E-state index in [0.717, 1.165) is 27.3 Å². The van der Waals surface area contributed by atoms with E-state index < -0.39 is 28.5 Å². The summed E-state index contributed by atoms with van der Waals surface area (Å²) in [5, 5.41) is 3.02. The molecule has 0 heterocycles. The molecule has 3 rings (SSSR count). The normalized spacial score (nSPS) is 12.0. The van der Waals surface area contributed by atoms with Crippen LogP contribution in [0.4, 0.5) is 5.69 Å². The molecule has 0 aliphatic carbocycles. The average Bonchev–Trinajstić information content (AvgIpc) is 2.85. The van der Waals surface area contributed by atoms with Crippen molar-refractivity contribution in [3.8, 4) is 0 Å². The van der Waals surface area contributed by atoms with Crippen LogP contribution in [0.15, 0.2) is 72.8 Å². The van der Waals surface area contributed by atoms with Crippen LogP contribution in [0.3, 0.4) is 0 Å². The lowest BCUT2D eigenvalue weighted by Crippen LogP contribution is -2.53. The van der Waals surface area contributed by atoms with Gasteiger partial charge in [-0.25, -0.2) is 8.42 Å². The van der Waals surface area contributed by atoms with Gasteiger partial charge in [0.15, 0.2) is 0 Å². The summed E-state index contributed by atoms with van der Waals surface area (Å²) in [5.74, 6) is -0.842.